The van der Waals surface area contributed by atoms with Gasteiger partial charge in [0.15, 0.2) is 0 Å². The molecule has 0 bridgehead atoms. The van der Waals surface area contributed by atoms with E-state index >= 15 is 0 Å². The topological polar surface area (TPSA) is 29.5 Å². The van der Waals surface area contributed by atoms with E-state index in [0.717, 1.165) is 23.7 Å². The third-order valence-corrected chi connectivity index (χ3v) is 2.38. The van der Waals surface area contributed by atoms with Gasteiger partial charge in [-0.1, -0.05) is 32.0 Å². The van der Waals surface area contributed by atoms with Crippen LogP contribution in [0.4, 0.5) is 0 Å². The monoisotopic (exact) mass is 193 g/mol. The molecule has 0 fully saturated rings. The molecule has 1 aromatic rings. The van der Waals surface area contributed by atoms with Gasteiger partial charge in [-0.2, -0.15) is 0 Å². The minimum absolute atomic E-state index is 0.0729. The smallest absolute Gasteiger partial charge is 0.125 e. The Morgan fingerprint density at radius 2 is 2.14 bits per heavy atom. The molecule has 0 atom stereocenters. The molecular weight excluding hydrogens is 176 g/mol. The second-order valence-corrected chi connectivity index (χ2v) is 3.29. The van der Waals surface area contributed by atoms with Gasteiger partial charge in [-0.25, -0.2) is 0 Å². The number of ether oxygens (including phenoxy) is 1. The number of hydrogen-bond donors (Lipinski definition) is 1. The van der Waals surface area contributed by atoms with Crippen molar-refractivity contribution >= 4 is 0 Å². The zero-order valence-corrected chi connectivity index (χ0v) is 9.00. The number of rotatable bonds is 4. The van der Waals surface area contributed by atoms with Gasteiger partial charge in [0.05, 0.1) is 13.7 Å². The molecule has 0 unspecified atom stereocenters. The van der Waals surface area contributed by atoms with E-state index < -0.39 is 0 Å². The lowest BCUT2D eigenvalue weighted by atomic mass is 9.97. The molecule has 0 amide bonds. The zero-order valence-electron chi connectivity index (χ0n) is 9.00. The molecule has 2 nitrogen and oxygen atoms in total. The number of aryl methyl sites for hydroxylation is 1. The fraction of sp³-hybridized carbons (Fsp3) is 0.417. The molecule has 0 saturated carbocycles. The van der Waals surface area contributed by atoms with Gasteiger partial charge < -0.3 is 9.84 Å². The van der Waals surface area contributed by atoms with E-state index in [2.05, 4.69) is 6.92 Å². The van der Waals surface area contributed by atoms with E-state index in [9.17, 15) is 0 Å². The maximum Gasteiger partial charge on any atom is 0.125 e. The Morgan fingerprint density at radius 1 is 1.43 bits per heavy atom. The molecule has 2 heteroatoms. The molecule has 0 aromatic heterocycles. The molecule has 0 heterocycles. The molecular formula is C12H17O2. The van der Waals surface area contributed by atoms with Crippen molar-refractivity contribution in [2.75, 3.05) is 13.7 Å². The van der Waals surface area contributed by atoms with Crippen LogP contribution >= 0.6 is 0 Å². The van der Waals surface area contributed by atoms with E-state index in [1.807, 2.05) is 25.1 Å². The first kappa shape index (κ1) is 11.1. The van der Waals surface area contributed by atoms with Crippen molar-refractivity contribution in [2.24, 2.45) is 0 Å². The van der Waals surface area contributed by atoms with E-state index in [-0.39, 0.29) is 6.61 Å². The van der Waals surface area contributed by atoms with Gasteiger partial charge in [0, 0.05) is 11.5 Å². The van der Waals surface area contributed by atoms with Gasteiger partial charge in [-0.15, -0.1) is 0 Å². The maximum atomic E-state index is 9.08. The van der Waals surface area contributed by atoms with Gasteiger partial charge in [0.2, 0.25) is 0 Å². The Labute approximate surface area is 85.5 Å². The SMILES string of the molecule is CCc1cccc([C](C)CO)c1OC. The summed E-state index contributed by atoms with van der Waals surface area (Å²) in [5, 5.41) is 9.08. The summed E-state index contributed by atoms with van der Waals surface area (Å²) in [4.78, 5) is 0. The van der Waals surface area contributed by atoms with E-state index in [1.165, 1.54) is 5.56 Å². The molecule has 0 aliphatic carbocycles. The lowest BCUT2D eigenvalue weighted by molar-refractivity contribution is 0.312. The van der Waals surface area contributed by atoms with Gasteiger partial charge in [0.1, 0.15) is 5.75 Å². The second kappa shape index (κ2) is 5.01. The van der Waals surface area contributed by atoms with Crippen molar-refractivity contribution in [1.82, 2.24) is 0 Å². The van der Waals surface area contributed by atoms with Crippen LogP contribution in [0.1, 0.15) is 25.0 Å². The van der Waals surface area contributed by atoms with Gasteiger partial charge in [-0.05, 0) is 12.0 Å². The van der Waals surface area contributed by atoms with Gasteiger partial charge in [-0.3, -0.25) is 0 Å². The number of para-hydroxylation sites is 1. The molecule has 0 aliphatic heterocycles. The van der Waals surface area contributed by atoms with Crippen molar-refractivity contribution in [3.63, 3.8) is 0 Å². The third kappa shape index (κ3) is 2.07. The minimum Gasteiger partial charge on any atom is -0.496 e. The second-order valence-electron chi connectivity index (χ2n) is 3.29. The summed E-state index contributed by atoms with van der Waals surface area (Å²) < 4.78 is 5.36. The minimum atomic E-state index is 0.0729. The summed E-state index contributed by atoms with van der Waals surface area (Å²) in [5.41, 5.74) is 2.19. The predicted octanol–water partition coefficient (Wildman–Crippen LogP) is 2.19. The Kier molecular flexibility index (Phi) is 3.96. The highest BCUT2D eigenvalue weighted by Gasteiger charge is 2.13. The molecule has 0 spiro atoms. The van der Waals surface area contributed by atoms with Crippen molar-refractivity contribution in [3.05, 3.63) is 35.2 Å². The first-order valence-electron chi connectivity index (χ1n) is 4.84. The van der Waals surface area contributed by atoms with Gasteiger partial charge in [0.25, 0.3) is 0 Å². The van der Waals surface area contributed by atoms with Crippen LogP contribution in [0.15, 0.2) is 18.2 Å². The largest absolute Gasteiger partial charge is 0.496 e. The first-order chi connectivity index (χ1) is 6.74. The van der Waals surface area contributed by atoms with Crippen LogP contribution < -0.4 is 4.74 Å². The quantitative estimate of drug-likeness (QED) is 0.794. The fourth-order valence-corrected chi connectivity index (χ4v) is 1.53. The van der Waals surface area contributed by atoms with Crippen LogP contribution in [0.3, 0.4) is 0 Å². The van der Waals surface area contributed by atoms with Crippen LogP contribution in [-0.4, -0.2) is 18.8 Å². The van der Waals surface area contributed by atoms with Crippen molar-refractivity contribution < 1.29 is 9.84 Å². The van der Waals surface area contributed by atoms with Crippen LogP contribution in [0.5, 0.6) is 5.75 Å². The standard InChI is InChI=1S/C12H17O2/c1-4-10-6-5-7-11(9(2)8-13)12(10)14-3/h5-7,13H,4,8H2,1-3H3. The third-order valence-electron chi connectivity index (χ3n) is 2.38. The van der Waals surface area contributed by atoms with E-state index in [4.69, 9.17) is 9.84 Å². The first-order valence-corrected chi connectivity index (χ1v) is 4.84. The van der Waals surface area contributed by atoms with Gasteiger partial charge >= 0.3 is 0 Å². The van der Waals surface area contributed by atoms with Crippen molar-refractivity contribution in [1.29, 1.82) is 0 Å². The Hall–Kier alpha value is -1.02. The van der Waals surface area contributed by atoms with Crippen LogP contribution in [-0.2, 0) is 6.42 Å². The highest BCUT2D eigenvalue weighted by molar-refractivity contribution is 5.48. The summed E-state index contributed by atoms with van der Waals surface area (Å²) in [6, 6.07) is 6.02. The molecule has 0 aliphatic rings. The zero-order chi connectivity index (χ0) is 10.6. The molecule has 1 N–H and O–H groups in total. The van der Waals surface area contributed by atoms with E-state index in [1.54, 1.807) is 7.11 Å². The maximum absolute atomic E-state index is 9.08. The Morgan fingerprint density at radius 3 is 2.64 bits per heavy atom. The molecule has 0 saturated heterocycles. The number of hydrogen-bond acceptors (Lipinski definition) is 2. The Balaban J connectivity index is 3.14. The Bertz CT molecular complexity index is 294. The lowest BCUT2D eigenvalue weighted by Crippen LogP contribution is -2.04. The van der Waals surface area contributed by atoms with Crippen LogP contribution in [0, 0.1) is 5.92 Å². The molecule has 1 aromatic carbocycles. The number of aliphatic hydroxyl groups excluding tert-OH is 1. The molecule has 1 radical (unpaired) electrons. The summed E-state index contributed by atoms with van der Waals surface area (Å²) in [6.45, 7) is 4.08. The molecule has 14 heavy (non-hydrogen) atoms. The van der Waals surface area contributed by atoms with Crippen molar-refractivity contribution in [3.8, 4) is 5.75 Å². The lowest BCUT2D eigenvalue weighted by Gasteiger charge is -2.15. The van der Waals surface area contributed by atoms with E-state index in [0.29, 0.717) is 0 Å². The summed E-state index contributed by atoms with van der Waals surface area (Å²) in [6.07, 6.45) is 0.940. The number of benzene rings is 1. The molecule has 1 rings (SSSR count). The van der Waals surface area contributed by atoms with Crippen molar-refractivity contribution in [2.45, 2.75) is 20.3 Å². The fourth-order valence-electron chi connectivity index (χ4n) is 1.53. The predicted molar refractivity (Wildman–Crippen MR) is 57.5 cm³/mol. The normalized spacial score (nSPS) is 10.6. The average Bonchev–Trinajstić information content (AvgIpc) is 2.26. The summed E-state index contributed by atoms with van der Waals surface area (Å²) in [5.74, 6) is 1.83. The summed E-state index contributed by atoms with van der Waals surface area (Å²) >= 11 is 0. The average molecular weight is 193 g/mol. The van der Waals surface area contributed by atoms with Crippen LogP contribution in [0.2, 0.25) is 0 Å². The highest BCUT2D eigenvalue weighted by atomic mass is 16.5. The van der Waals surface area contributed by atoms with Crippen LogP contribution in [0.25, 0.3) is 0 Å². The number of methoxy groups -OCH3 is 1. The molecule has 77 valence electrons. The summed E-state index contributed by atoms with van der Waals surface area (Å²) in [7, 11) is 1.67. The number of aliphatic hydroxyl groups is 1. The highest BCUT2D eigenvalue weighted by Crippen LogP contribution is 2.29.